The van der Waals surface area contributed by atoms with Crippen LogP contribution in [0.5, 0.6) is 5.75 Å². The van der Waals surface area contributed by atoms with E-state index in [0.717, 1.165) is 23.1 Å². The number of terminal acetylenes is 1. The van der Waals surface area contributed by atoms with Gasteiger partial charge in [0.1, 0.15) is 12.4 Å². The van der Waals surface area contributed by atoms with E-state index in [1.165, 1.54) is 0 Å². The number of amides is 1. The Labute approximate surface area is 144 Å². The highest BCUT2D eigenvalue weighted by Gasteiger charge is 2.13. The first-order chi connectivity index (χ1) is 11.2. The first kappa shape index (κ1) is 17.5. The molecule has 1 aromatic rings. The number of carbonyl (C=O) groups is 1. The number of halogens is 1. The van der Waals surface area contributed by atoms with Gasteiger partial charge in [0.05, 0.1) is 30.4 Å². The summed E-state index contributed by atoms with van der Waals surface area (Å²) in [7, 11) is 0. The molecular formula is C16H18BrN3O3. The predicted molar refractivity (Wildman–Crippen MR) is 91.5 cm³/mol. The fourth-order valence-electron chi connectivity index (χ4n) is 2.01. The van der Waals surface area contributed by atoms with Crippen LogP contribution in [0.2, 0.25) is 0 Å². The number of ether oxygens (including phenoxy) is 2. The van der Waals surface area contributed by atoms with Crippen LogP contribution in [-0.4, -0.2) is 56.5 Å². The minimum absolute atomic E-state index is 0.142. The Hall–Kier alpha value is -1.88. The largest absolute Gasteiger partial charge is 0.480 e. The standard InChI is InChI=1S/C16H18BrN3O3/c1-2-7-23-15-4-3-13(10-14(15)17)11-18-19-16(21)12-20-5-8-22-9-6-20/h1,3-4,10-11H,5-9,12H2,(H,19,21)/b18-11-. The molecule has 0 aromatic heterocycles. The van der Waals surface area contributed by atoms with Crippen molar-refractivity contribution in [3.05, 3.63) is 28.2 Å². The molecule has 1 N–H and O–H groups in total. The molecule has 122 valence electrons. The molecule has 1 aliphatic heterocycles. The summed E-state index contributed by atoms with van der Waals surface area (Å²) in [5.41, 5.74) is 3.35. The second kappa shape index (κ2) is 9.30. The number of rotatable bonds is 6. The zero-order valence-corrected chi connectivity index (χ0v) is 14.2. The second-order valence-electron chi connectivity index (χ2n) is 4.86. The van der Waals surface area contributed by atoms with Crippen molar-refractivity contribution in [2.45, 2.75) is 0 Å². The molecule has 0 spiro atoms. The molecule has 1 aromatic carbocycles. The van der Waals surface area contributed by atoms with E-state index in [9.17, 15) is 4.79 Å². The summed E-state index contributed by atoms with van der Waals surface area (Å²) in [5.74, 6) is 2.93. The molecule has 1 amide bonds. The fourth-order valence-corrected chi connectivity index (χ4v) is 2.52. The second-order valence-corrected chi connectivity index (χ2v) is 5.72. The zero-order valence-electron chi connectivity index (χ0n) is 12.6. The molecule has 0 unspecified atom stereocenters. The van der Waals surface area contributed by atoms with E-state index in [2.05, 4.69) is 32.4 Å². The van der Waals surface area contributed by atoms with Gasteiger partial charge >= 0.3 is 0 Å². The summed E-state index contributed by atoms with van der Waals surface area (Å²) in [6.07, 6.45) is 6.73. The summed E-state index contributed by atoms with van der Waals surface area (Å²) in [4.78, 5) is 13.8. The van der Waals surface area contributed by atoms with Gasteiger partial charge in [-0.3, -0.25) is 9.69 Å². The van der Waals surface area contributed by atoms with E-state index in [0.29, 0.717) is 25.5 Å². The van der Waals surface area contributed by atoms with Crippen LogP contribution < -0.4 is 10.2 Å². The quantitative estimate of drug-likeness (QED) is 0.458. The molecule has 1 heterocycles. The van der Waals surface area contributed by atoms with Crippen molar-refractivity contribution in [1.29, 1.82) is 0 Å². The average Bonchev–Trinajstić information content (AvgIpc) is 2.55. The van der Waals surface area contributed by atoms with Crippen molar-refractivity contribution >= 4 is 28.1 Å². The maximum Gasteiger partial charge on any atom is 0.254 e. The van der Waals surface area contributed by atoms with Gasteiger partial charge in [-0.1, -0.05) is 5.92 Å². The third kappa shape index (κ3) is 6.02. The third-order valence-corrected chi connectivity index (χ3v) is 3.76. The van der Waals surface area contributed by atoms with Crippen molar-refractivity contribution < 1.29 is 14.3 Å². The molecule has 0 radical (unpaired) electrons. The summed E-state index contributed by atoms with van der Waals surface area (Å²) < 4.78 is 11.4. The van der Waals surface area contributed by atoms with E-state index < -0.39 is 0 Å². The van der Waals surface area contributed by atoms with Gasteiger partial charge in [0, 0.05) is 13.1 Å². The van der Waals surface area contributed by atoms with Crippen LogP contribution in [0.1, 0.15) is 5.56 Å². The lowest BCUT2D eigenvalue weighted by molar-refractivity contribution is -0.123. The first-order valence-corrected chi connectivity index (χ1v) is 7.96. The van der Waals surface area contributed by atoms with E-state index in [-0.39, 0.29) is 12.5 Å². The Balaban J connectivity index is 1.81. The predicted octanol–water partition coefficient (Wildman–Crippen LogP) is 1.24. The van der Waals surface area contributed by atoms with Crippen LogP contribution in [0.25, 0.3) is 0 Å². The third-order valence-electron chi connectivity index (χ3n) is 3.14. The zero-order chi connectivity index (χ0) is 16.5. The Morgan fingerprint density at radius 2 is 2.30 bits per heavy atom. The molecular weight excluding hydrogens is 362 g/mol. The molecule has 1 saturated heterocycles. The van der Waals surface area contributed by atoms with Crippen molar-refractivity contribution in [1.82, 2.24) is 10.3 Å². The number of hydrogen-bond acceptors (Lipinski definition) is 5. The lowest BCUT2D eigenvalue weighted by atomic mass is 10.2. The lowest BCUT2D eigenvalue weighted by Crippen LogP contribution is -2.42. The SMILES string of the molecule is C#CCOc1ccc(/C=N\NC(=O)CN2CCOCC2)cc1Br. The molecule has 7 heteroatoms. The molecule has 2 rings (SSSR count). The van der Waals surface area contributed by atoms with Crippen molar-refractivity contribution in [2.75, 3.05) is 39.5 Å². The topological polar surface area (TPSA) is 63.2 Å². The van der Waals surface area contributed by atoms with Crippen LogP contribution in [0.4, 0.5) is 0 Å². The van der Waals surface area contributed by atoms with Gasteiger partial charge in [-0.2, -0.15) is 5.10 Å². The van der Waals surface area contributed by atoms with Gasteiger partial charge in [0.15, 0.2) is 0 Å². The molecule has 0 atom stereocenters. The van der Waals surface area contributed by atoms with Crippen molar-refractivity contribution in [3.8, 4) is 18.1 Å². The number of nitrogens with zero attached hydrogens (tertiary/aromatic N) is 2. The van der Waals surface area contributed by atoms with Gasteiger partial charge < -0.3 is 9.47 Å². The highest BCUT2D eigenvalue weighted by molar-refractivity contribution is 9.10. The van der Waals surface area contributed by atoms with Gasteiger partial charge in [0.2, 0.25) is 0 Å². The summed E-state index contributed by atoms with van der Waals surface area (Å²) in [5, 5.41) is 3.96. The molecule has 23 heavy (non-hydrogen) atoms. The lowest BCUT2D eigenvalue weighted by Gasteiger charge is -2.25. The maximum atomic E-state index is 11.8. The van der Waals surface area contributed by atoms with Crippen LogP contribution in [0, 0.1) is 12.3 Å². The van der Waals surface area contributed by atoms with Gasteiger partial charge in [-0.25, -0.2) is 5.43 Å². The number of nitrogens with one attached hydrogen (secondary N) is 1. The highest BCUT2D eigenvalue weighted by Crippen LogP contribution is 2.25. The van der Waals surface area contributed by atoms with Crippen LogP contribution in [0.3, 0.4) is 0 Å². The summed E-state index contributed by atoms with van der Waals surface area (Å²) in [6, 6.07) is 5.45. The van der Waals surface area contributed by atoms with E-state index >= 15 is 0 Å². The summed E-state index contributed by atoms with van der Waals surface area (Å²) in [6.45, 7) is 3.40. The number of carbonyl (C=O) groups excluding carboxylic acids is 1. The Kier molecular flexibility index (Phi) is 7.07. The van der Waals surface area contributed by atoms with E-state index in [4.69, 9.17) is 15.9 Å². The molecule has 0 saturated carbocycles. The molecule has 1 fully saturated rings. The minimum atomic E-state index is -0.142. The number of hydrazone groups is 1. The van der Waals surface area contributed by atoms with Crippen molar-refractivity contribution in [3.63, 3.8) is 0 Å². The molecule has 6 nitrogen and oxygen atoms in total. The Morgan fingerprint density at radius 3 is 3.00 bits per heavy atom. The van der Waals surface area contributed by atoms with Gasteiger partial charge in [-0.15, -0.1) is 6.42 Å². The Morgan fingerprint density at radius 1 is 1.52 bits per heavy atom. The first-order valence-electron chi connectivity index (χ1n) is 7.17. The van der Waals surface area contributed by atoms with Crippen molar-refractivity contribution in [2.24, 2.45) is 5.10 Å². The van der Waals surface area contributed by atoms with Gasteiger partial charge in [0.25, 0.3) is 5.91 Å². The molecule has 1 aliphatic rings. The molecule has 0 bridgehead atoms. The number of morpholine rings is 1. The number of benzene rings is 1. The average molecular weight is 380 g/mol. The van der Waals surface area contributed by atoms with E-state index in [1.54, 1.807) is 12.3 Å². The fraction of sp³-hybridized carbons (Fsp3) is 0.375. The van der Waals surface area contributed by atoms with Gasteiger partial charge in [-0.05, 0) is 39.7 Å². The normalized spacial score (nSPS) is 15.3. The van der Waals surface area contributed by atoms with Crippen LogP contribution in [-0.2, 0) is 9.53 Å². The maximum absolute atomic E-state index is 11.8. The monoisotopic (exact) mass is 379 g/mol. The number of hydrogen-bond donors (Lipinski definition) is 1. The summed E-state index contributed by atoms with van der Waals surface area (Å²) >= 11 is 3.40. The van der Waals surface area contributed by atoms with Crippen LogP contribution >= 0.6 is 15.9 Å². The van der Waals surface area contributed by atoms with E-state index in [1.807, 2.05) is 17.0 Å². The Bertz CT molecular complexity index is 607. The smallest absolute Gasteiger partial charge is 0.254 e. The highest BCUT2D eigenvalue weighted by atomic mass is 79.9. The van der Waals surface area contributed by atoms with Crippen LogP contribution in [0.15, 0.2) is 27.8 Å². The molecule has 0 aliphatic carbocycles. The minimum Gasteiger partial charge on any atom is -0.480 e.